The average Bonchev–Trinajstić information content (AvgIpc) is 3.18. The monoisotopic (exact) mass is 405 g/mol. The predicted molar refractivity (Wildman–Crippen MR) is 116 cm³/mol. The van der Waals surface area contributed by atoms with Gasteiger partial charge in [-0.1, -0.05) is 30.3 Å². The number of hydrogen-bond acceptors (Lipinski definition) is 6. The van der Waals surface area contributed by atoms with Crippen molar-refractivity contribution >= 4 is 34.3 Å². The SMILES string of the molecule is Cc1cnc(Nc2nccnc2C2CCN(C(=O)/C=C/c3ccccc3)CC2)s1. The molecule has 148 valence electrons. The zero-order valence-electron chi connectivity index (χ0n) is 16.3. The van der Waals surface area contributed by atoms with Gasteiger partial charge in [-0.3, -0.25) is 9.78 Å². The third-order valence-corrected chi connectivity index (χ3v) is 5.81. The molecule has 0 unspecified atom stereocenters. The van der Waals surface area contributed by atoms with Crippen molar-refractivity contribution in [3.63, 3.8) is 0 Å². The van der Waals surface area contributed by atoms with Gasteiger partial charge in [0.05, 0.1) is 5.69 Å². The number of carbonyl (C=O) groups is 1. The first-order chi connectivity index (χ1) is 14.2. The fourth-order valence-electron chi connectivity index (χ4n) is 3.47. The van der Waals surface area contributed by atoms with Crippen LogP contribution >= 0.6 is 11.3 Å². The van der Waals surface area contributed by atoms with E-state index in [0.29, 0.717) is 0 Å². The Kier molecular flexibility index (Phi) is 5.95. The molecule has 4 rings (SSSR count). The predicted octanol–water partition coefficient (Wildman–Crippen LogP) is 4.40. The number of aryl methyl sites for hydroxylation is 1. The maximum atomic E-state index is 12.5. The summed E-state index contributed by atoms with van der Waals surface area (Å²) in [6, 6.07) is 9.88. The summed E-state index contributed by atoms with van der Waals surface area (Å²) in [5, 5.41) is 4.13. The Morgan fingerprint density at radius 2 is 1.90 bits per heavy atom. The number of nitrogens with one attached hydrogen (secondary N) is 1. The molecule has 1 amide bonds. The summed E-state index contributed by atoms with van der Waals surface area (Å²) >= 11 is 1.60. The van der Waals surface area contributed by atoms with E-state index in [9.17, 15) is 4.79 Å². The van der Waals surface area contributed by atoms with Gasteiger partial charge in [-0.2, -0.15) is 0 Å². The molecule has 1 aliphatic heterocycles. The maximum Gasteiger partial charge on any atom is 0.246 e. The minimum absolute atomic E-state index is 0.0584. The van der Waals surface area contributed by atoms with Gasteiger partial charge in [0.2, 0.25) is 5.91 Å². The fourth-order valence-corrected chi connectivity index (χ4v) is 4.13. The number of carbonyl (C=O) groups excluding carboxylic acids is 1. The van der Waals surface area contributed by atoms with Crippen molar-refractivity contribution in [2.24, 2.45) is 0 Å². The summed E-state index contributed by atoms with van der Waals surface area (Å²) in [5.74, 6) is 1.09. The largest absolute Gasteiger partial charge is 0.339 e. The molecule has 1 N–H and O–H groups in total. The molecule has 0 saturated carbocycles. The van der Waals surface area contributed by atoms with E-state index in [2.05, 4.69) is 20.3 Å². The molecule has 6 nitrogen and oxygen atoms in total. The number of anilines is 2. The van der Waals surface area contributed by atoms with Gasteiger partial charge in [0.15, 0.2) is 10.9 Å². The van der Waals surface area contributed by atoms with Crippen LogP contribution in [0.15, 0.2) is 55.0 Å². The van der Waals surface area contributed by atoms with E-state index >= 15 is 0 Å². The second-order valence-corrected chi connectivity index (χ2v) is 8.27. The minimum Gasteiger partial charge on any atom is -0.339 e. The highest BCUT2D eigenvalue weighted by Gasteiger charge is 2.26. The zero-order valence-corrected chi connectivity index (χ0v) is 17.1. The molecular formula is C22H23N5OS. The Hall–Kier alpha value is -3.06. The molecule has 0 aliphatic carbocycles. The molecule has 1 fully saturated rings. The lowest BCUT2D eigenvalue weighted by atomic mass is 9.93. The highest BCUT2D eigenvalue weighted by atomic mass is 32.1. The van der Waals surface area contributed by atoms with Crippen LogP contribution in [0.1, 0.15) is 34.9 Å². The molecule has 29 heavy (non-hydrogen) atoms. The van der Waals surface area contributed by atoms with Crippen LogP contribution < -0.4 is 5.32 Å². The minimum atomic E-state index is 0.0584. The third-order valence-electron chi connectivity index (χ3n) is 4.98. The van der Waals surface area contributed by atoms with E-state index in [4.69, 9.17) is 0 Å². The van der Waals surface area contributed by atoms with Gasteiger partial charge in [0, 0.05) is 48.6 Å². The lowest BCUT2D eigenvalue weighted by molar-refractivity contribution is -0.126. The highest BCUT2D eigenvalue weighted by molar-refractivity contribution is 7.15. The summed E-state index contributed by atoms with van der Waals surface area (Å²) in [5.41, 5.74) is 1.98. The summed E-state index contributed by atoms with van der Waals surface area (Å²) in [4.78, 5) is 29.0. The molecule has 1 aliphatic rings. The van der Waals surface area contributed by atoms with Crippen molar-refractivity contribution < 1.29 is 4.79 Å². The smallest absolute Gasteiger partial charge is 0.246 e. The number of piperidine rings is 1. The van der Waals surface area contributed by atoms with E-state index in [1.54, 1.807) is 29.8 Å². The molecule has 3 heterocycles. The topological polar surface area (TPSA) is 71.0 Å². The van der Waals surface area contributed by atoms with E-state index in [1.807, 2.05) is 54.4 Å². The number of hydrogen-bond donors (Lipinski definition) is 1. The van der Waals surface area contributed by atoms with Crippen LogP contribution in [-0.2, 0) is 4.79 Å². The van der Waals surface area contributed by atoms with Gasteiger partial charge >= 0.3 is 0 Å². The van der Waals surface area contributed by atoms with E-state index in [-0.39, 0.29) is 11.8 Å². The van der Waals surface area contributed by atoms with Crippen LogP contribution in [0.25, 0.3) is 6.08 Å². The molecule has 3 aromatic rings. The van der Waals surface area contributed by atoms with Gasteiger partial charge in [-0.05, 0) is 31.4 Å². The van der Waals surface area contributed by atoms with Crippen molar-refractivity contribution in [3.05, 3.63) is 71.1 Å². The zero-order chi connectivity index (χ0) is 20.1. The number of amides is 1. The molecule has 7 heteroatoms. The summed E-state index contributed by atoms with van der Waals surface area (Å²) in [7, 11) is 0. The maximum absolute atomic E-state index is 12.5. The van der Waals surface area contributed by atoms with Gasteiger partial charge in [-0.25, -0.2) is 9.97 Å². The highest BCUT2D eigenvalue weighted by Crippen LogP contribution is 2.32. The number of likely N-dealkylation sites (tertiary alicyclic amines) is 1. The quantitative estimate of drug-likeness (QED) is 0.637. The standard InChI is InChI=1S/C22H23N5OS/c1-16-15-25-22(29-16)26-21-20(23-11-12-24-21)18-9-13-27(14-10-18)19(28)8-7-17-5-3-2-4-6-17/h2-8,11-12,15,18H,9-10,13-14H2,1H3,(H,24,25,26)/b8-7+. The molecule has 1 saturated heterocycles. The molecule has 0 spiro atoms. The second-order valence-electron chi connectivity index (χ2n) is 7.03. The Morgan fingerprint density at radius 1 is 1.14 bits per heavy atom. The normalized spacial score (nSPS) is 15.0. The lowest BCUT2D eigenvalue weighted by Gasteiger charge is -2.31. The number of thiazole rings is 1. The molecule has 0 radical (unpaired) electrons. The van der Waals surface area contributed by atoms with Crippen LogP contribution in [0.3, 0.4) is 0 Å². The summed E-state index contributed by atoms with van der Waals surface area (Å²) < 4.78 is 0. The Bertz CT molecular complexity index is 993. The van der Waals surface area contributed by atoms with E-state index < -0.39 is 0 Å². The van der Waals surface area contributed by atoms with Crippen molar-refractivity contribution in [2.45, 2.75) is 25.7 Å². The van der Waals surface area contributed by atoms with Crippen molar-refractivity contribution in [1.82, 2.24) is 19.9 Å². The van der Waals surface area contributed by atoms with Crippen molar-refractivity contribution in [3.8, 4) is 0 Å². The van der Waals surface area contributed by atoms with Crippen LogP contribution in [0, 0.1) is 6.92 Å². The summed E-state index contributed by atoms with van der Waals surface area (Å²) in [6.07, 6.45) is 10.5. The number of nitrogens with zero attached hydrogens (tertiary/aromatic N) is 4. The second kappa shape index (κ2) is 8.96. The third kappa shape index (κ3) is 4.86. The van der Waals surface area contributed by atoms with Crippen LogP contribution in [0.4, 0.5) is 10.9 Å². The van der Waals surface area contributed by atoms with Gasteiger partial charge in [0.1, 0.15) is 0 Å². The number of aromatic nitrogens is 3. The van der Waals surface area contributed by atoms with E-state index in [1.165, 1.54) is 0 Å². The molecule has 1 aromatic carbocycles. The van der Waals surface area contributed by atoms with Crippen LogP contribution in [-0.4, -0.2) is 38.8 Å². The van der Waals surface area contributed by atoms with E-state index in [0.717, 1.165) is 53.0 Å². The van der Waals surface area contributed by atoms with Crippen LogP contribution in [0.2, 0.25) is 0 Å². The summed E-state index contributed by atoms with van der Waals surface area (Å²) in [6.45, 7) is 3.46. The first kappa shape index (κ1) is 19.3. The van der Waals surface area contributed by atoms with Crippen molar-refractivity contribution in [2.75, 3.05) is 18.4 Å². The van der Waals surface area contributed by atoms with Crippen molar-refractivity contribution in [1.29, 1.82) is 0 Å². The Labute approximate surface area is 174 Å². The lowest BCUT2D eigenvalue weighted by Crippen LogP contribution is -2.37. The Balaban J connectivity index is 1.38. The first-order valence-electron chi connectivity index (χ1n) is 9.71. The van der Waals surface area contributed by atoms with Crippen LogP contribution in [0.5, 0.6) is 0 Å². The molecule has 2 aromatic heterocycles. The fraction of sp³-hybridized carbons (Fsp3) is 0.273. The average molecular weight is 406 g/mol. The first-order valence-corrected chi connectivity index (χ1v) is 10.5. The van der Waals surface area contributed by atoms with Gasteiger partial charge in [0.25, 0.3) is 0 Å². The Morgan fingerprint density at radius 3 is 2.62 bits per heavy atom. The van der Waals surface area contributed by atoms with Gasteiger partial charge < -0.3 is 10.2 Å². The molecule has 0 atom stereocenters. The van der Waals surface area contributed by atoms with Gasteiger partial charge in [-0.15, -0.1) is 11.3 Å². The number of rotatable bonds is 5. The molecular weight excluding hydrogens is 382 g/mol. The molecule has 0 bridgehead atoms. The number of benzene rings is 1.